The third-order valence-electron chi connectivity index (χ3n) is 1.44. The number of hydrogen-bond donors (Lipinski definition) is 0. The molecule has 0 rings (SSSR count). The maximum absolute atomic E-state index is 10.8. The Morgan fingerprint density at radius 1 is 1.42 bits per heavy atom. The van der Waals surface area contributed by atoms with E-state index in [2.05, 4.69) is 19.9 Å². The van der Waals surface area contributed by atoms with Gasteiger partial charge in [0.05, 0.1) is 6.61 Å². The molecule has 2 nitrogen and oxygen atoms in total. The zero-order chi connectivity index (χ0) is 9.40. The van der Waals surface area contributed by atoms with Crippen molar-refractivity contribution in [3.05, 3.63) is 11.6 Å². The third-order valence-corrected chi connectivity index (χ3v) is 1.44. The standard InChI is InChI=1S/C10H18O2/c1-4-12-10(11)8-6-5-7-9(2)3/h7H,4-6,8H2,1-3H3. The number of allylic oxidation sites excluding steroid dienone is 2. The van der Waals surface area contributed by atoms with Crippen molar-refractivity contribution in [1.29, 1.82) is 0 Å². The fraction of sp³-hybridized carbons (Fsp3) is 0.700. The van der Waals surface area contributed by atoms with E-state index < -0.39 is 0 Å². The van der Waals surface area contributed by atoms with Crippen LogP contribution in [-0.4, -0.2) is 12.6 Å². The fourth-order valence-corrected chi connectivity index (χ4v) is 0.870. The molecule has 0 aliphatic carbocycles. The Kier molecular flexibility index (Phi) is 6.44. The Morgan fingerprint density at radius 3 is 2.58 bits per heavy atom. The lowest BCUT2D eigenvalue weighted by Crippen LogP contribution is -2.02. The third kappa shape index (κ3) is 7.32. The number of carbonyl (C=O) groups excluding carboxylic acids is 1. The lowest BCUT2D eigenvalue weighted by Gasteiger charge is -1.99. The Hall–Kier alpha value is -0.790. The zero-order valence-electron chi connectivity index (χ0n) is 8.22. The quantitative estimate of drug-likeness (QED) is 0.360. The van der Waals surface area contributed by atoms with Gasteiger partial charge in [-0.3, -0.25) is 4.79 Å². The summed E-state index contributed by atoms with van der Waals surface area (Å²) in [6.07, 6.45) is 4.54. The summed E-state index contributed by atoms with van der Waals surface area (Å²) in [4.78, 5) is 10.8. The topological polar surface area (TPSA) is 26.3 Å². The summed E-state index contributed by atoms with van der Waals surface area (Å²) < 4.78 is 4.79. The van der Waals surface area contributed by atoms with Gasteiger partial charge in [0.15, 0.2) is 0 Å². The van der Waals surface area contributed by atoms with Crippen LogP contribution < -0.4 is 0 Å². The summed E-state index contributed by atoms with van der Waals surface area (Å²) in [5.41, 5.74) is 1.30. The van der Waals surface area contributed by atoms with Gasteiger partial charge in [-0.15, -0.1) is 0 Å². The molecule has 0 aliphatic rings. The van der Waals surface area contributed by atoms with E-state index in [4.69, 9.17) is 4.74 Å². The minimum absolute atomic E-state index is 0.0837. The first-order valence-electron chi connectivity index (χ1n) is 4.45. The molecule has 12 heavy (non-hydrogen) atoms. The Balaban J connectivity index is 3.31. The van der Waals surface area contributed by atoms with Gasteiger partial charge in [-0.2, -0.15) is 0 Å². The minimum atomic E-state index is -0.0837. The van der Waals surface area contributed by atoms with Crippen molar-refractivity contribution in [3.63, 3.8) is 0 Å². The van der Waals surface area contributed by atoms with Gasteiger partial charge in [-0.25, -0.2) is 0 Å². The molecule has 0 saturated carbocycles. The predicted molar refractivity (Wildman–Crippen MR) is 49.9 cm³/mol. The van der Waals surface area contributed by atoms with E-state index in [-0.39, 0.29) is 5.97 Å². The van der Waals surface area contributed by atoms with Crippen LogP contribution in [0, 0.1) is 0 Å². The van der Waals surface area contributed by atoms with Crippen LogP contribution in [0.3, 0.4) is 0 Å². The Morgan fingerprint density at radius 2 is 2.08 bits per heavy atom. The largest absolute Gasteiger partial charge is 0.466 e. The molecule has 0 spiro atoms. The van der Waals surface area contributed by atoms with E-state index in [1.165, 1.54) is 5.57 Å². The number of rotatable bonds is 5. The van der Waals surface area contributed by atoms with Crippen molar-refractivity contribution in [1.82, 2.24) is 0 Å². The van der Waals surface area contributed by atoms with E-state index in [1.54, 1.807) is 0 Å². The SMILES string of the molecule is CCOC(=O)CCCC=C(C)C. The van der Waals surface area contributed by atoms with Crippen LogP contribution in [-0.2, 0) is 9.53 Å². The molecule has 0 N–H and O–H groups in total. The Bertz CT molecular complexity index is 155. The molecule has 0 atom stereocenters. The summed E-state index contributed by atoms with van der Waals surface area (Å²) in [5.74, 6) is -0.0837. The lowest BCUT2D eigenvalue weighted by molar-refractivity contribution is -0.143. The number of unbranched alkanes of at least 4 members (excludes halogenated alkanes) is 1. The van der Waals surface area contributed by atoms with Crippen molar-refractivity contribution in [2.45, 2.75) is 40.0 Å². The van der Waals surface area contributed by atoms with Crippen LogP contribution >= 0.6 is 0 Å². The monoisotopic (exact) mass is 170 g/mol. The number of carbonyl (C=O) groups is 1. The molecule has 2 heteroatoms. The molecule has 0 aromatic rings. The van der Waals surface area contributed by atoms with Crippen molar-refractivity contribution >= 4 is 5.97 Å². The van der Waals surface area contributed by atoms with Gasteiger partial charge in [-0.05, 0) is 33.6 Å². The van der Waals surface area contributed by atoms with Crippen LogP contribution in [0.2, 0.25) is 0 Å². The maximum Gasteiger partial charge on any atom is 0.305 e. The second-order valence-electron chi connectivity index (χ2n) is 2.98. The molecular formula is C10H18O2. The van der Waals surface area contributed by atoms with Crippen LogP contribution in [0.25, 0.3) is 0 Å². The minimum Gasteiger partial charge on any atom is -0.466 e. The molecule has 0 radical (unpaired) electrons. The van der Waals surface area contributed by atoms with Crippen molar-refractivity contribution in [2.75, 3.05) is 6.61 Å². The predicted octanol–water partition coefficient (Wildman–Crippen LogP) is 2.69. The van der Waals surface area contributed by atoms with Crippen LogP contribution in [0.1, 0.15) is 40.0 Å². The molecule has 0 bridgehead atoms. The zero-order valence-corrected chi connectivity index (χ0v) is 8.22. The summed E-state index contributed by atoms with van der Waals surface area (Å²) in [5, 5.41) is 0. The van der Waals surface area contributed by atoms with Gasteiger partial charge in [0, 0.05) is 6.42 Å². The van der Waals surface area contributed by atoms with Gasteiger partial charge in [0.2, 0.25) is 0 Å². The highest BCUT2D eigenvalue weighted by atomic mass is 16.5. The van der Waals surface area contributed by atoms with E-state index in [1.807, 2.05) is 6.92 Å². The van der Waals surface area contributed by atoms with Crippen molar-refractivity contribution in [2.24, 2.45) is 0 Å². The molecule has 70 valence electrons. The van der Waals surface area contributed by atoms with Crippen molar-refractivity contribution in [3.8, 4) is 0 Å². The van der Waals surface area contributed by atoms with Gasteiger partial charge in [-0.1, -0.05) is 11.6 Å². The van der Waals surface area contributed by atoms with Gasteiger partial charge < -0.3 is 4.74 Å². The molecule has 0 unspecified atom stereocenters. The maximum atomic E-state index is 10.8. The summed E-state index contributed by atoms with van der Waals surface area (Å²) in [6, 6.07) is 0. The normalized spacial score (nSPS) is 9.25. The smallest absolute Gasteiger partial charge is 0.305 e. The van der Waals surface area contributed by atoms with Crippen molar-refractivity contribution < 1.29 is 9.53 Å². The second-order valence-corrected chi connectivity index (χ2v) is 2.98. The fourth-order valence-electron chi connectivity index (χ4n) is 0.870. The number of hydrogen-bond acceptors (Lipinski definition) is 2. The highest BCUT2D eigenvalue weighted by Crippen LogP contribution is 2.01. The molecule has 0 fully saturated rings. The molecular weight excluding hydrogens is 152 g/mol. The van der Waals surface area contributed by atoms with Gasteiger partial charge >= 0.3 is 5.97 Å². The first kappa shape index (κ1) is 11.2. The average Bonchev–Trinajstić information content (AvgIpc) is 1.98. The van der Waals surface area contributed by atoms with E-state index in [9.17, 15) is 4.79 Å². The molecule has 0 aromatic heterocycles. The van der Waals surface area contributed by atoms with Gasteiger partial charge in [0.1, 0.15) is 0 Å². The molecule has 0 aliphatic heterocycles. The van der Waals surface area contributed by atoms with E-state index >= 15 is 0 Å². The molecule has 0 heterocycles. The molecule has 0 amide bonds. The summed E-state index contributed by atoms with van der Waals surface area (Å²) in [6.45, 7) is 6.43. The number of ether oxygens (including phenoxy) is 1. The summed E-state index contributed by atoms with van der Waals surface area (Å²) >= 11 is 0. The van der Waals surface area contributed by atoms with E-state index in [0.29, 0.717) is 13.0 Å². The van der Waals surface area contributed by atoms with Crippen LogP contribution in [0.4, 0.5) is 0 Å². The molecule has 0 aromatic carbocycles. The summed E-state index contributed by atoms with van der Waals surface area (Å²) in [7, 11) is 0. The average molecular weight is 170 g/mol. The number of esters is 1. The highest BCUT2D eigenvalue weighted by molar-refractivity contribution is 5.69. The first-order valence-corrected chi connectivity index (χ1v) is 4.45. The van der Waals surface area contributed by atoms with Crippen LogP contribution in [0.15, 0.2) is 11.6 Å². The van der Waals surface area contributed by atoms with Crippen LogP contribution in [0.5, 0.6) is 0 Å². The Labute approximate surface area is 74.6 Å². The van der Waals surface area contributed by atoms with Gasteiger partial charge in [0.25, 0.3) is 0 Å². The molecule has 0 saturated heterocycles. The second kappa shape index (κ2) is 6.89. The highest BCUT2D eigenvalue weighted by Gasteiger charge is 1.98. The first-order chi connectivity index (χ1) is 5.66. The lowest BCUT2D eigenvalue weighted by atomic mass is 10.2. The van der Waals surface area contributed by atoms with E-state index in [0.717, 1.165) is 12.8 Å².